The van der Waals surface area contributed by atoms with Gasteiger partial charge in [-0.1, -0.05) is 33.6 Å². The van der Waals surface area contributed by atoms with E-state index in [0.717, 1.165) is 25.7 Å². The van der Waals surface area contributed by atoms with Crippen LogP contribution < -0.4 is 10.6 Å². The summed E-state index contributed by atoms with van der Waals surface area (Å²) in [6, 6.07) is 0. The first-order chi connectivity index (χ1) is 7.96. The van der Waals surface area contributed by atoms with E-state index in [1.165, 1.54) is 0 Å². The van der Waals surface area contributed by atoms with Crippen molar-refractivity contribution in [1.82, 2.24) is 10.6 Å². The molecule has 0 aromatic heterocycles. The molecule has 0 spiro atoms. The third-order valence-electron chi connectivity index (χ3n) is 3.49. The van der Waals surface area contributed by atoms with Crippen LogP contribution in [0.3, 0.4) is 0 Å². The second kappa shape index (κ2) is 6.03. The van der Waals surface area contributed by atoms with Gasteiger partial charge in [-0.05, 0) is 12.8 Å². The molecule has 0 unspecified atom stereocenters. The van der Waals surface area contributed by atoms with E-state index < -0.39 is 0 Å². The minimum atomic E-state index is -0.179. The van der Waals surface area contributed by atoms with Crippen molar-refractivity contribution in [3.8, 4) is 0 Å². The SMILES string of the molecule is CC(C)C(=O)NCCNC(=O)C1(C)CCCC1. The summed E-state index contributed by atoms with van der Waals surface area (Å²) in [5.41, 5.74) is -0.179. The van der Waals surface area contributed by atoms with Gasteiger partial charge >= 0.3 is 0 Å². The molecule has 0 heterocycles. The lowest BCUT2D eigenvalue weighted by atomic mass is 9.88. The Labute approximate surface area is 104 Å². The molecule has 1 saturated carbocycles. The monoisotopic (exact) mass is 240 g/mol. The van der Waals surface area contributed by atoms with Crippen LogP contribution in [0.25, 0.3) is 0 Å². The third-order valence-corrected chi connectivity index (χ3v) is 3.49. The van der Waals surface area contributed by atoms with Crippen LogP contribution in [0.15, 0.2) is 0 Å². The molecule has 1 aliphatic carbocycles. The summed E-state index contributed by atoms with van der Waals surface area (Å²) in [5, 5.41) is 5.69. The van der Waals surface area contributed by atoms with Crippen LogP contribution in [0.5, 0.6) is 0 Å². The van der Waals surface area contributed by atoms with Gasteiger partial charge in [-0.3, -0.25) is 9.59 Å². The Bertz CT molecular complexity index is 281. The maximum atomic E-state index is 11.9. The van der Waals surface area contributed by atoms with Crippen molar-refractivity contribution < 1.29 is 9.59 Å². The second-order valence-corrected chi connectivity index (χ2v) is 5.47. The molecular weight excluding hydrogens is 216 g/mol. The lowest BCUT2D eigenvalue weighted by molar-refractivity contribution is -0.130. The molecule has 0 saturated heterocycles. The molecule has 98 valence electrons. The minimum Gasteiger partial charge on any atom is -0.354 e. The quantitative estimate of drug-likeness (QED) is 0.715. The Morgan fingerprint density at radius 1 is 1.12 bits per heavy atom. The van der Waals surface area contributed by atoms with E-state index in [0.29, 0.717) is 13.1 Å². The molecule has 4 heteroatoms. The second-order valence-electron chi connectivity index (χ2n) is 5.47. The van der Waals surface area contributed by atoms with Crippen LogP contribution in [0.2, 0.25) is 0 Å². The summed E-state index contributed by atoms with van der Waals surface area (Å²) in [7, 11) is 0. The maximum absolute atomic E-state index is 11.9. The fourth-order valence-corrected chi connectivity index (χ4v) is 2.16. The van der Waals surface area contributed by atoms with Crippen molar-refractivity contribution in [3.63, 3.8) is 0 Å². The van der Waals surface area contributed by atoms with E-state index in [1.807, 2.05) is 20.8 Å². The van der Waals surface area contributed by atoms with Crippen molar-refractivity contribution >= 4 is 11.8 Å². The summed E-state index contributed by atoms with van der Waals surface area (Å²) in [6.45, 7) is 6.77. The molecule has 1 fully saturated rings. The van der Waals surface area contributed by atoms with Crippen molar-refractivity contribution in [2.24, 2.45) is 11.3 Å². The highest BCUT2D eigenvalue weighted by atomic mass is 16.2. The Balaban J connectivity index is 2.18. The Kier molecular flexibility index (Phi) is 4.97. The van der Waals surface area contributed by atoms with Gasteiger partial charge < -0.3 is 10.6 Å². The molecular formula is C13H24N2O2. The molecule has 0 atom stereocenters. The smallest absolute Gasteiger partial charge is 0.225 e. The zero-order valence-corrected chi connectivity index (χ0v) is 11.1. The molecule has 4 nitrogen and oxygen atoms in total. The van der Waals surface area contributed by atoms with Crippen molar-refractivity contribution in [2.45, 2.75) is 46.5 Å². The number of carbonyl (C=O) groups excluding carboxylic acids is 2. The van der Waals surface area contributed by atoms with Gasteiger partial charge in [0.15, 0.2) is 0 Å². The average Bonchev–Trinajstić information content (AvgIpc) is 2.72. The first-order valence-corrected chi connectivity index (χ1v) is 6.52. The largest absolute Gasteiger partial charge is 0.354 e. The number of hydrogen-bond donors (Lipinski definition) is 2. The predicted molar refractivity (Wildman–Crippen MR) is 67.4 cm³/mol. The lowest BCUT2D eigenvalue weighted by Crippen LogP contribution is -2.41. The molecule has 2 N–H and O–H groups in total. The van der Waals surface area contributed by atoms with Gasteiger partial charge in [-0.25, -0.2) is 0 Å². The van der Waals surface area contributed by atoms with Crippen molar-refractivity contribution in [1.29, 1.82) is 0 Å². The first-order valence-electron chi connectivity index (χ1n) is 6.52. The van der Waals surface area contributed by atoms with Crippen molar-refractivity contribution in [2.75, 3.05) is 13.1 Å². The minimum absolute atomic E-state index is 0.00180. The van der Waals surface area contributed by atoms with Gasteiger partial charge in [0.2, 0.25) is 11.8 Å². The average molecular weight is 240 g/mol. The molecule has 2 amide bonds. The van der Waals surface area contributed by atoms with E-state index in [4.69, 9.17) is 0 Å². The summed E-state index contributed by atoms with van der Waals surface area (Å²) < 4.78 is 0. The van der Waals surface area contributed by atoms with Gasteiger partial charge in [0.1, 0.15) is 0 Å². The molecule has 0 aromatic carbocycles. The highest BCUT2D eigenvalue weighted by Gasteiger charge is 2.35. The fourth-order valence-electron chi connectivity index (χ4n) is 2.16. The number of rotatable bonds is 5. The van der Waals surface area contributed by atoms with Gasteiger partial charge in [0.25, 0.3) is 0 Å². The van der Waals surface area contributed by atoms with Crippen LogP contribution in [-0.2, 0) is 9.59 Å². The highest BCUT2D eigenvalue weighted by molar-refractivity contribution is 5.82. The van der Waals surface area contributed by atoms with Gasteiger partial charge in [0, 0.05) is 24.4 Å². The standard InChI is InChI=1S/C13H24N2O2/c1-10(2)11(16)14-8-9-15-12(17)13(3)6-4-5-7-13/h10H,4-9H2,1-3H3,(H,14,16)(H,15,17). The first kappa shape index (κ1) is 14.0. The van der Waals surface area contributed by atoms with Crippen LogP contribution >= 0.6 is 0 Å². The van der Waals surface area contributed by atoms with E-state index in [-0.39, 0.29) is 23.1 Å². The van der Waals surface area contributed by atoms with Crippen LogP contribution in [0.1, 0.15) is 46.5 Å². The summed E-state index contributed by atoms with van der Waals surface area (Å²) in [6.07, 6.45) is 4.26. The number of nitrogens with one attached hydrogen (secondary N) is 2. The maximum Gasteiger partial charge on any atom is 0.225 e. The molecule has 0 bridgehead atoms. The summed E-state index contributed by atoms with van der Waals surface area (Å²) >= 11 is 0. The topological polar surface area (TPSA) is 58.2 Å². The molecule has 1 aliphatic rings. The van der Waals surface area contributed by atoms with E-state index in [1.54, 1.807) is 0 Å². The zero-order chi connectivity index (χ0) is 12.9. The normalized spacial score (nSPS) is 18.1. The highest BCUT2D eigenvalue weighted by Crippen LogP contribution is 2.37. The Morgan fingerprint density at radius 2 is 1.65 bits per heavy atom. The van der Waals surface area contributed by atoms with E-state index in [9.17, 15) is 9.59 Å². The molecule has 0 aliphatic heterocycles. The number of amides is 2. The zero-order valence-electron chi connectivity index (χ0n) is 11.1. The fraction of sp³-hybridized carbons (Fsp3) is 0.846. The molecule has 17 heavy (non-hydrogen) atoms. The van der Waals surface area contributed by atoms with Crippen LogP contribution in [0.4, 0.5) is 0 Å². The summed E-state index contributed by atoms with van der Waals surface area (Å²) in [4.78, 5) is 23.2. The van der Waals surface area contributed by atoms with E-state index in [2.05, 4.69) is 10.6 Å². The molecule has 1 rings (SSSR count). The van der Waals surface area contributed by atoms with Gasteiger partial charge in [-0.15, -0.1) is 0 Å². The van der Waals surface area contributed by atoms with Crippen LogP contribution in [-0.4, -0.2) is 24.9 Å². The summed E-state index contributed by atoms with van der Waals surface area (Å²) in [5.74, 6) is 0.165. The molecule has 0 aromatic rings. The Hall–Kier alpha value is -1.06. The van der Waals surface area contributed by atoms with Gasteiger partial charge in [0.05, 0.1) is 0 Å². The number of carbonyl (C=O) groups is 2. The van der Waals surface area contributed by atoms with Crippen LogP contribution in [0, 0.1) is 11.3 Å². The number of hydrogen-bond acceptors (Lipinski definition) is 2. The van der Waals surface area contributed by atoms with E-state index >= 15 is 0 Å². The molecule has 0 radical (unpaired) electrons. The lowest BCUT2D eigenvalue weighted by Gasteiger charge is -2.22. The third kappa shape index (κ3) is 4.02. The van der Waals surface area contributed by atoms with Gasteiger partial charge in [-0.2, -0.15) is 0 Å². The van der Waals surface area contributed by atoms with Crippen molar-refractivity contribution in [3.05, 3.63) is 0 Å². The Morgan fingerprint density at radius 3 is 2.18 bits per heavy atom. The predicted octanol–water partition coefficient (Wildman–Crippen LogP) is 1.46.